The highest BCUT2D eigenvalue weighted by Crippen LogP contribution is 2.24. The smallest absolute Gasteiger partial charge is 0.358 e. The van der Waals surface area contributed by atoms with Gasteiger partial charge in [0.25, 0.3) is 0 Å². The van der Waals surface area contributed by atoms with Crippen LogP contribution in [0, 0.1) is 0 Å². The van der Waals surface area contributed by atoms with Crippen molar-refractivity contribution < 1.29 is 9.53 Å². The number of carbonyl (C=O) groups is 1. The number of hydrogen-bond donors (Lipinski definition) is 0. The second-order valence-electron chi connectivity index (χ2n) is 3.88. The maximum absolute atomic E-state index is 11.4. The Morgan fingerprint density at radius 3 is 3.06 bits per heavy atom. The number of nitrogens with zero attached hydrogens (tertiary/aromatic N) is 3. The van der Waals surface area contributed by atoms with Crippen molar-refractivity contribution in [1.82, 2.24) is 9.97 Å². The maximum Gasteiger partial charge on any atom is 0.358 e. The van der Waals surface area contributed by atoms with Crippen molar-refractivity contribution in [3.63, 3.8) is 0 Å². The van der Waals surface area contributed by atoms with Gasteiger partial charge in [-0.25, -0.2) is 9.78 Å². The van der Waals surface area contributed by atoms with E-state index in [1.165, 1.54) is 19.1 Å². The summed E-state index contributed by atoms with van der Waals surface area (Å²) < 4.78 is 4.63. The molecule has 17 heavy (non-hydrogen) atoms. The summed E-state index contributed by atoms with van der Waals surface area (Å²) in [6.07, 6.45) is 4.24. The van der Waals surface area contributed by atoms with Crippen LogP contribution in [0.1, 0.15) is 16.9 Å². The van der Waals surface area contributed by atoms with Gasteiger partial charge in [-0.3, -0.25) is 4.98 Å². The minimum atomic E-state index is -0.450. The number of methoxy groups -OCH3 is 1. The molecule has 2 rings (SSSR count). The summed E-state index contributed by atoms with van der Waals surface area (Å²) >= 11 is 1.94. The van der Waals surface area contributed by atoms with Gasteiger partial charge in [-0.15, -0.1) is 0 Å². The summed E-state index contributed by atoms with van der Waals surface area (Å²) in [4.78, 5) is 21.7. The van der Waals surface area contributed by atoms with E-state index < -0.39 is 5.97 Å². The molecule has 1 aliphatic heterocycles. The molecule has 92 valence electrons. The van der Waals surface area contributed by atoms with Gasteiger partial charge in [-0.2, -0.15) is 11.8 Å². The first-order chi connectivity index (χ1) is 8.22. The van der Waals surface area contributed by atoms with E-state index in [4.69, 9.17) is 0 Å². The Balaban J connectivity index is 2.17. The summed E-state index contributed by atoms with van der Waals surface area (Å²) in [5, 5.41) is 0. The number of rotatable bonds is 3. The van der Waals surface area contributed by atoms with E-state index in [-0.39, 0.29) is 5.69 Å². The molecule has 1 aliphatic rings. The predicted octanol–water partition coefficient (Wildman–Crippen LogP) is 1.20. The molecule has 6 heteroatoms. The zero-order valence-electron chi connectivity index (χ0n) is 9.92. The zero-order chi connectivity index (χ0) is 12.3. The third-order valence-corrected chi connectivity index (χ3v) is 3.98. The fourth-order valence-electron chi connectivity index (χ4n) is 1.74. The summed E-state index contributed by atoms with van der Waals surface area (Å²) in [5.41, 5.74) is 0.252. The van der Waals surface area contributed by atoms with Gasteiger partial charge in [0, 0.05) is 18.8 Å². The Kier molecular flexibility index (Phi) is 3.83. The van der Waals surface area contributed by atoms with Crippen LogP contribution >= 0.6 is 11.8 Å². The lowest BCUT2D eigenvalue weighted by molar-refractivity contribution is 0.0593. The Hall–Kier alpha value is -1.30. The standard InChI is InChI=1S/C11H15N3O2S/c1-14(8-3-4-17-7-8)10-6-12-5-9(13-10)11(15)16-2/h5-6,8H,3-4,7H2,1-2H3. The topological polar surface area (TPSA) is 55.3 Å². The quantitative estimate of drug-likeness (QED) is 0.755. The summed E-state index contributed by atoms with van der Waals surface area (Å²) in [6, 6.07) is 0.474. The van der Waals surface area contributed by atoms with Crippen LogP contribution in [0.15, 0.2) is 12.4 Å². The molecule has 0 N–H and O–H groups in total. The lowest BCUT2D eigenvalue weighted by Gasteiger charge is -2.24. The van der Waals surface area contributed by atoms with Crippen molar-refractivity contribution >= 4 is 23.5 Å². The van der Waals surface area contributed by atoms with Crippen LogP contribution in [0.3, 0.4) is 0 Å². The van der Waals surface area contributed by atoms with Crippen molar-refractivity contribution in [2.24, 2.45) is 0 Å². The third kappa shape index (κ3) is 2.69. The number of esters is 1. The lowest BCUT2D eigenvalue weighted by Crippen LogP contribution is -2.32. The molecule has 1 fully saturated rings. The number of carbonyl (C=O) groups excluding carboxylic acids is 1. The van der Waals surface area contributed by atoms with E-state index in [9.17, 15) is 4.79 Å². The summed E-state index contributed by atoms with van der Waals surface area (Å²) in [7, 11) is 3.33. The molecular weight excluding hydrogens is 238 g/mol. The average molecular weight is 253 g/mol. The van der Waals surface area contributed by atoms with E-state index in [1.807, 2.05) is 18.8 Å². The molecule has 1 unspecified atom stereocenters. The first-order valence-electron chi connectivity index (χ1n) is 5.43. The monoisotopic (exact) mass is 253 g/mol. The summed E-state index contributed by atoms with van der Waals surface area (Å²) in [5.74, 6) is 2.55. The maximum atomic E-state index is 11.4. The second kappa shape index (κ2) is 5.35. The van der Waals surface area contributed by atoms with E-state index in [0.717, 1.165) is 18.0 Å². The number of anilines is 1. The molecule has 0 aromatic carbocycles. The van der Waals surface area contributed by atoms with Crippen LogP contribution in [0.2, 0.25) is 0 Å². The fourth-order valence-corrected chi connectivity index (χ4v) is 3.01. The first kappa shape index (κ1) is 12.2. The molecule has 2 heterocycles. The van der Waals surface area contributed by atoms with Gasteiger partial charge < -0.3 is 9.64 Å². The normalized spacial score (nSPS) is 19.1. The van der Waals surface area contributed by atoms with Crippen molar-refractivity contribution in [1.29, 1.82) is 0 Å². The van der Waals surface area contributed by atoms with Gasteiger partial charge in [0.1, 0.15) is 5.82 Å². The molecule has 0 amide bonds. The van der Waals surface area contributed by atoms with E-state index in [2.05, 4.69) is 19.6 Å². The molecule has 0 aliphatic carbocycles. The predicted molar refractivity (Wildman–Crippen MR) is 67.5 cm³/mol. The third-order valence-electron chi connectivity index (χ3n) is 2.83. The van der Waals surface area contributed by atoms with Crippen molar-refractivity contribution in [3.8, 4) is 0 Å². The molecule has 5 nitrogen and oxygen atoms in total. The number of aromatic nitrogens is 2. The fraction of sp³-hybridized carbons (Fsp3) is 0.545. The number of thioether (sulfide) groups is 1. The Labute approximate surface area is 105 Å². The molecule has 1 atom stereocenters. The SMILES string of the molecule is COC(=O)c1cncc(N(C)C2CCSC2)n1. The molecule has 1 aromatic rings. The average Bonchev–Trinajstić information content (AvgIpc) is 2.91. The van der Waals surface area contributed by atoms with Crippen LogP contribution in [0.5, 0.6) is 0 Å². The Bertz CT molecular complexity index is 407. The van der Waals surface area contributed by atoms with Crippen LogP contribution in [0.4, 0.5) is 5.82 Å². The van der Waals surface area contributed by atoms with Crippen molar-refractivity contribution in [2.75, 3.05) is 30.6 Å². The highest BCUT2D eigenvalue weighted by molar-refractivity contribution is 7.99. The Morgan fingerprint density at radius 1 is 1.59 bits per heavy atom. The molecule has 1 aromatic heterocycles. The molecular formula is C11H15N3O2S. The van der Waals surface area contributed by atoms with Crippen molar-refractivity contribution in [3.05, 3.63) is 18.1 Å². The zero-order valence-corrected chi connectivity index (χ0v) is 10.7. The van der Waals surface area contributed by atoms with Gasteiger partial charge in [0.05, 0.1) is 19.5 Å². The van der Waals surface area contributed by atoms with Crippen LogP contribution in [-0.2, 0) is 4.74 Å². The van der Waals surface area contributed by atoms with Gasteiger partial charge >= 0.3 is 5.97 Å². The first-order valence-corrected chi connectivity index (χ1v) is 6.59. The highest BCUT2D eigenvalue weighted by atomic mass is 32.2. The molecule has 0 radical (unpaired) electrons. The lowest BCUT2D eigenvalue weighted by atomic mass is 10.2. The van der Waals surface area contributed by atoms with Gasteiger partial charge in [0.2, 0.25) is 0 Å². The minimum absolute atomic E-state index is 0.252. The van der Waals surface area contributed by atoms with Crippen molar-refractivity contribution in [2.45, 2.75) is 12.5 Å². The molecule has 0 spiro atoms. The van der Waals surface area contributed by atoms with Crippen LogP contribution < -0.4 is 4.90 Å². The number of ether oxygens (including phenoxy) is 1. The van der Waals surface area contributed by atoms with E-state index in [0.29, 0.717) is 6.04 Å². The highest BCUT2D eigenvalue weighted by Gasteiger charge is 2.22. The van der Waals surface area contributed by atoms with E-state index >= 15 is 0 Å². The van der Waals surface area contributed by atoms with Gasteiger partial charge in [0.15, 0.2) is 5.69 Å². The second-order valence-corrected chi connectivity index (χ2v) is 5.03. The molecule has 0 bridgehead atoms. The van der Waals surface area contributed by atoms with Gasteiger partial charge in [-0.1, -0.05) is 0 Å². The van der Waals surface area contributed by atoms with Gasteiger partial charge in [-0.05, 0) is 12.2 Å². The summed E-state index contributed by atoms with van der Waals surface area (Å²) in [6.45, 7) is 0. The minimum Gasteiger partial charge on any atom is -0.464 e. The van der Waals surface area contributed by atoms with E-state index in [1.54, 1.807) is 6.20 Å². The molecule has 0 saturated carbocycles. The largest absolute Gasteiger partial charge is 0.464 e. The Morgan fingerprint density at radius 2 is 2.41 bits per heavy atom. The van der Waals surface area contributed by atoms with Crippen LogP contribution in [-0.4, -0.2) is 47.6 Å². The number of hydrogen-bond acceptors (Lipinski definition) is 6. The molecule has 1 saturated heterocycles. The van der Waals surface area contributed by atoms with Crippen LogP contribution in [0.25, 0.3) is 0 Å².